The molecule has 48 heavy (non-hydrogen) atoms. The summed E-state index contributed by atoms with van der Waals surface area (Å²) >= 11 is 0. The molecule has 1 atom stereocenters. The normalized spacial score (nSPS) is 16.3. The maximum absolute atomic E-state index is 6.45. The van der Waals surface area contributed by atoms with Gasteiger partial charge in [-0.1, -0.05) is 146 Å². The molecule has 0 saturated heterocycles. The van der Waals surface area contributed by atoms with Crippen LogP contribution >= 0.6 is 7.92 Å². The molecule has 6 aromatic carbocycles. The molecular weight excluding hydrogens is 618 g/mol. The highest BCUT2D eigenvalue weighted by molar-refractivity contribution is 7.78. The predicted molar refractivity (Wildman–Crippen MR) is 207 cm³/mol. The van der Waals surface area contributed by atoms with Crippen LogP contribution in [-0.2, 0) is 0 Å². The number of ether oxygens (including phenoxy) is 1. The van der Waals surface area contributed by atoms with Crippen molar-refractivity contribution in [2.45, 2.75) is 13.3 Å². The lowest BCUT2D eigenvalue weighted by Gasteiger charge is -2.44. The van der Waals surface area contributed by atoms with Gasteiger partial charge in [0.2, 0.25) is 0 Å². The largest absolute Gasteiger partial charge is 0.453 e. The van der Waals surface area contributed by atoms with E-state index in [1.165, 1.54) is 42.4 Å². The zero-order valence-corrected chi connectivity index (χ0v) is 28.9. The summed E-state index contributed by atoms with van der Waals surface area (Å²) in [6.45, 7) is 6.67. The van der Waals surface area contributed by atoms with Gasteiger partial charge < -0.3 is 9.64 Å². The van der Waals surface area contributed by atoms with Crippen LogP contribution in [0.1, 0.15) is 13.3 Å². The molecule has 4 heteroatoms. The molecule has 0 amide bonds. The first kappa shape index (κ1) is 30.1. The quantitative estimate of drug-likeness (QED) is 0.0970. The van der Waals surface area contributed by atoms with Crippen LogP contribution in [0.5, 0.6) is 11.5 Å². The van der Waals surface area contributed by atoms with Crippen molar-refractivity contribution in [3.05, 3.63) is 199 Å². The number of fused-ring (bicyclic) bond motifs is 3. The van der Waals surface area contributed by atoms with Crippen molar-refractivity contribution in [3.63, 3.8) is 0 Å². The molecule has 0 aliphatic carbocycles. The predicted octanol–water partition coefficient (Wildman–Crippen LogP) is 8.82. The molecule has 0 spiro atoms. The molecule has 0 bridgehead atoms. The summed E-state index contributed by atoms with van der Waals surface area (Å²) in [5, 5.41) is 9.96. The number of para-hydroxylation sites is 4. The minimum absolute atomic E-state index is 0.693. The number of benzene rings is 6. The Morgan fingerprint density at radius 1 is 0.646 bits per heavy atom. The Hall–Kier alpha value is -5.21. The number of anilines is 2. The van der Waals surface area contributed by atoms with Crippen molar-refractivity contribution in [1.82, 2.24) is 0 Å². The van der Waals surface area contributed by atoms with E-state index < -0.39 is 16.0 Å². The van der Waals surface area contributed by atoms with Crippen LogP contribution < -0.4 is 35.8 Å². The van der Waals surface area contributed by atoms with E-state index in [1.807, 2.05) is 18.2 Å². The highest BCUT2D eigenvalue weighted by Gasteiger charge is 2.49. The van der Waals surface area contributed by atoms with E-state index in [0.717, 1.165) is 22.9 Å². The number of hydrogen-bond donors (Lipinski definition) is 0. The highest BCUT2D eigenvalue weighted by atomic mass is 31.1. The molecule has 0 aromatic heterocycles. The maximum atomic E-state index is 6.45. The molecule has 6 aromatic rings. The van der Waals surface area contributed by atoms with Crippen molar-refractivity contribution in [2.24, 2.45) is 0 Å². The van der Waals surface area contributed by atoms with E-state index in [1.54, 1.807) is 0 Å². The van der Waals surface area contributed by atoms with Crippen molar-refractivity contribution in [3.8, 4) is 11.5 Å². The van der Waals surface area contributed by atoms with E-state index in [0.29, 0.717) is 6.42 Å². The van der Waals surface area contributed by atoms with E-state index >= 15 is 0 Å². The molecular formula is C44H36NOPSi. The third-order valence-corrected chi connectivity index (χ3v) is 17.5. The minimum atomic E-state index is -2.83. The second-order valence-corrected chi connectivity index (χ2v) is 18.2. The summed E-state index contributed by atoms with van der Waals surface area (Å²) in [5.41, 5.74) is 3.25. The van der Waals surface area contributed by atoms with E-state index in [-0.39, 0.29) is 0 Å². The van der Waals surface area contributed by atoms with Gasteiger partial charge in [-0.3, -0.25) is 0 Å². The van der Waals surface area contributed by atoms with E-state index in [9.17, 15) is 0 Å². The van der Waals surface area contributed by atoms with Crippen LogP contribution in [-0.4, -0.2) is 8.07 Å². The van der Waals surface area contributed by atoms with Crippen LogP contribution in [0, 0.1) is 0 Å². The van der Waals surface area contributed by atoms with E-state index in [4.69, 9.17) is 4.74 Å². The first-order valence-electron chi connectivity index (χ1n) is 16.5. The number of allylic oxidation sites excluding steroid dienone is 4. The Balaban J connectivity index is 1.50. The molecule has 2 heterocycles. The van der Waals surface area contributed by atoms with Gasteiger partial charge in [-0.05, 0) is 81.9 Å². The fraction of sp³-hybridized carbons (Fsp3) is 0.0455. The fourth-order valence-corrected chi connectivity index (χ4v) is 16.6. The summed E-state index contributed by atoms with van der Waals surface area (Å²) in [4.78, 5) is 2.40. The zero-order valence-electron chi connectivity index (χ0n) is 27.0. The Kier molecular flexibility index (Phi) is 8.02. The molecule has 1 unspecified atom stereocenters. The van der Waals surface area contributed by atoms with Crippen molar-refractivity contribution >= 4 is 53.5 Å². The van der Waals surface area contributed by atoms with Crippen LogP contribution in [0.15, 0.2) is 199 Å². The SMILES string of the molecule is C=CC/C(=C\C1=C(C)P(c2ccccc2)c2ccccc2[Si]1(c1ccccc1)c1ccccc1)N1c2ccccc2Oc2ccccc21. The zero-order chi connectivity index (χ0) is 32.5. The van der Waals surface area contributed by atoms with E-state index in [2.05, 4.69) is 176 Å². The molecule has 8 rings (SSSR count). The monoisotopic (exact) mass is 653 g/mol. The fourth-order valence-electron chi connectivity index (χ4n) is 7.53. The maximum Gasteiger partial charge on any atom is 0.180 e. The van der Waals surface area contributed by atoms with Crippen LogP contribution in [0.4, 0.5) is 11.4 Å². The highest BCUT2D eigenvalue weighted by Crippen LogP contribution is 2.52. The number of hydrogen-bond acceptors (Lipinski definition) is 2. The summed E-state index contributed by atoms with van der Waals surface area (Å²) in [6.07, 6.45) is 5.27. The van der Waals surface area contributed by atoms with Gasteiger partial charge in [0.15, 0.2) is 19.6 Å². The van der Waals surface area contributed by atoms with Gasteiger partial charge in [-0.25, -0.2) is 0 Å². The molecule has 0 N–H and O–H groups in total. The molecule has 0 saturated carbocycles. The topological polar surface area (TPSA) is 12.5 Å². The van der Waals surface area contributed by atoms with Gasteiger partial charge in [0.25, 0.3) is 0 Å². The Morgan fingerprint density at radius 2 is 1.15 bits per heavy atom. The van der Waals surface area contributed by atoms with Crippen molar-refractivity contribution < 1.29 is 4.74 Å². The molecule has 0 fully saturated rings. The van der Waals surface area contributed by atoms with Gasteiger partial charge in [-0.15, -0.1) is 6.58 Å². The lowest BCUT2D eigenvalue weighted by atomic mass is 10.1. The van der Waals surface area contributed by atoms with Crippen molar-refractivity contribution in [1.29, 1.82) is 0 Å². The van der Waals surface area contributed by atoms with Gasteiger partial charge in [-0.2, -0.15) is 0 Å². The first-order valence-corrected chi connectivity index (χ1v) is 19.8. The summed E-state index contributed by atoms with van der Waals surface area (Å²) in [5.74, 6) is 1.71. The van der Waals surface area contributed by atoms with Gasteiger partial charge in [0, 0.05) is 12.1 Å². The lowest BCUT2D eigenvalue weighted by Crippen LogP contribution is -2.72. The van der Waals surface area contributed by atoms with Crippen molar-refractivity contribution in [2.75, 3.05) is 4.90 Å². The van der Waals surface area contributed by atoms with Crippen LogP contribution in [0.3, 0.4) is 0 Å². The third-order valence-electron chi connectivity index (χ3n) is 9.49. The Labute approximate surface area is 285 Å². The lowest BCUT2D eigenvalue weighted by molar-refractivity contribution is 0.475. The van der Waals surface area contributed by atoms with Crippen LogP contribution in [0.25, 0.3) is 0 Å². The summed E-state index contributed by atoms with van der Waals surface area (Å²) in [7, 11) is -3.62. The third kappa shape index (κ3) is 4.90. The van der Waals surface area contributed by atoms with Gasteiger partial charge >= 0.3 is 0 Å². The first-order chi connectivity index (χ1) is 23.7. The Bertz CT molecular complexity index is 2090. The molecule has 2 aliphatic heterocycles. The minimum Gasteiger partial charge on any atom is -0.453 e. The standard InChI is InChI=1S/C44H36NOPSi/c1-3-19-34(45-38-26-13-15-28-40(38)46-41-29-16-14-27-39(41)45)32-44-33(2)47(35-20-7-4-8-21-35)42-30-17-18-31-43(42)48(44,36-22-9-5-10-23-36)37-24-11-6-12-25-37/h3-18,20-32H,1,19H2,2H3/b34-32+. The average Bonchev–Trinajstić information content (AvgIpc) is 3.15. The molecule has 232 valence electrons. The second-order valence-electron chi connectivity index (χ2n) is 12.2. The smallest absolute Gasteiger partial charge is 0.180 e. The molecule has 0 radical (unpaired) electrons. The van der Waals surface area contributed by atoms with Gasteiger partial charge in [0.1, 0.15) is 0 Å². The summed E-state index contributed by atoms with van der Waals surface area (Å²) < 4.78 is 6.45. The Morgan fingerprint density at radius 3 is 1.73 bits per heavy atom. The second kappa shape index (κ2) is 12.8. The molecule has 2 aliphatic rings. The summed E-state index contributed by atoms with van der Waals surface area (Å²) in [6, 6.07) is 59.7. The molecule has 2 nitrogen and oxygen atoms in total. The average molecular weight is 654 g/mol. The number of nitrogens with zero attached hydrogens (tertiary/aromatic N) is 1. The van der Waals surface area contributed by atoms with Gasteiger partial charge in [0.05, 0.1) is 11.4 Å². The number of rotatable bonds is 7. The van der Waals surface area contributed by atoms with Crippen LogP contribution in [0.2, 0.25) is 0 Å².